The van der Waals surface area contributed by atoms with Crippen molar-refractivity contribution in [3.63, 3.8) is 0 Å². The first kappa shape index (κ1) is 26.1. The summed E-state index contributed by atoms with van der Waals surface area (Å²) < 4.78 is 42.5. The van der Waals surface area contributed by atoms with Crippen LogP contribution in [0.1, 0.15) is 13.8 Å². The monoisotopic (exact) mass is 602 g/mol. The molecular weight excluding hydrogens is 580 g/mol. The molecule has 12 heteroatoms. The van der Waals surface area contributed by atoms with Gasteiger partial charge < -0.3 is 19.1 Å². The van der Waals surface area contributed by atoms with Crippen LogP contribution in [0.5, 0.6) is 17.2 Å². The smallest absolute Gasteiger partial charge is 0.285 e. The number of carbonyl (C=O) groups excluding carboxylic acids is 1. The van der Waals surface area contributed by atoms with Crippen molar-refractivity contribution in [1.82, 2.24) is 0 Å². The van der Waals surface area contributed by atoms with Gasteiger partial charge >= 0.3 is 0 Å². The lowest BCUT2D eigenvalue weighted by atomic mass is 10.2. The van der Waals surface area contributed by atoms with Crippen LogP contribution in [0.25, 0.3) is 0 Å². The molecule has 2 fully saturated rings. The molecule has 0 radical (unpaired) electrons. The Labute approximate surface area is 222 Å². The van der Waals surface area contributed by atoms with Crippen LogP contribution in [0.2, 0.25) is 5.02 Å². The second-order valence-electron chi connectivity index (χ2n) is 7.82. The van der Waals surface area contributed by atoms with Crippen molar-refractivity contribution >= 4 is 65.9 Å². The summed E-state index contributed by atoms with van der Waals surface area (Å²) in [6, 6.07) is 9.89. The minimum atomic E-state index is -3.21. The third kappa shape index (κ3) is 6.07. The number of halogens is 2. The van der Waals surface area contributed by atoms with Gasteiger partial charge in [0.05, 0.1) is 36.4 Å². The fourth-order valence-electron chi connectivity index (χ4n) is 3.91. The van der Waals surface area contributed by atoms with E-state index in [0.29, 0.717) is 50.8 Å². The SMILES string of the molecule is CCOc1cc(Br)c(N2C(=NC(=O)COc3ccc(Cl)cc3)S[C@H]3CS(=O)(=O)C[C@H]32)cc1OCC. The predicted molar refractivity (Wildman–Crippen MR) is 142 cm³/mol. The van der Waals surface area contributed by atoms with E-state index >= 15 is 0 Å². The number of sulfone groups is 1. The van der Waals surface area contributed by atoms with Crippen LogP contribution >= 0.6 is 39.3 Å². The molecule has 2 atom stereocenters. The van der Waals surface area contributed by atoms with Crippen molar-refractivity contribution in [2.45, 2.75) is 25.1 Å². The van der Waals surface area contributed by atoms with E-state index in [-0.39, 0.29) is 29.4 Å². The molecule has 0 bridgehead atoms. The van der Waals surface area contributed by atoms with Crippen LogP contribution in [0.4, 0.5) is 5.69 Å². The van der Waals surface area contributed by atoms with Gasteiger partial charge in [-0.1, -0.05) is 23.4 Å². The van der Waals surface area contributed by atoms with Gasteiger partial charge in [0, 0.05) is 26.9 Å². The Kier molecular flexibility index (Phi) is 8.19. The molecule has 2 saturated heterocycles. The minimum Gasteiger partial charge on any atom is -0.490 e. The number of nitrogens with zero attached hydrogens (tertiary/aromatic N) is 2. The lowest BCUT2D eigenvalue weighted by Gasteiger charge is -2.27. The Balaban J connectivity index is 1.65. The standard InChI is InChI=1S/C23H24BrClN2O6S2/c1-3-31-19-9-16(24)17(10-20(19)32-4-2)27-18-12-35(29,30)13-21(18)34-23(27)26-22(28)11-33-15-7-5-14(25)6-8-15/h5-10,18,21H,3-4,11-13H2,1-2H3/t18-,21+/m1/s1. The number of amides is 1. The van der Waals surface area contributed by atoms with Crippen molar-refractivity contribution in [2.24, 2.45) is 4.99 Å². The van der Waals surface area contributed by atoms with Gasteiger partial charge in [0.25, 0.3) is 5.91 Å². The van der Waals surface area contributed by atoms with E-state index in [2.05, 4.69) is 20.9 Å². The van der Waals surface area contributed by atoms with E-state index in [0.717, 1.165) is 0 Å². The Bertz CT molecular complexity index is 1240. The highest BCUT2D eigenvalue weighted by Gasteiger charge is 2.50. The number of hydrogen-bond donors (Lipinski definition) is 0. The Morgan fingerprint density at radius 1 is 1.11 bits per heavy atom. The molecule has 0 unspecified atom stereocenters. The van der Waals surface area contributed by atoms with Crippen LogP contribution in [-0.4, -0.2) is 62.1 Å². The van der Waals surface area contributed by atoms with Gasteiger partial charge in [-0.05, 0) is 54.0 Å². The summed E-state index contributed by atoms with van der Waals surface area (Å²) in [4.78, 5) is 18.8. The van der Waals surface area contributed by atoms with E-state index in [1.807, 2.05) is 18.7 Å². The number of anilines is 1. The first-order valence-electron chi connectivity index (χ1n) is 11.0. The summed E-state index contributed by atoms with van der Waals surface area (Å²) in [6.45, 7) is 4.38. The number of fused-ring (bicyclic) bond motifs is 1. The van der Waals surface area contributed by atoms with Gasteiger partial charge in [-0.25, -0.2) is 8.42 Å². The second-order valence-corrected chi connectivity index (χ2v) is 12.5. The molecule has 2 aliphatic rings. The van der Waals surface area contributed by atoms with E-state index in [9.17, 15) is 13.2 Å². The molecule has 0 aliphatic carbocycles. The Morgan fingerprint density at radius 2 is 1.77 bits per heavy atom. The van der Waals surface area contributed by atoms with Crippen molar-refractivity contribution in [2.75, 3.05) is 36.2 Å². The molecule has 35 heavy (non-hydrogen) atoms. The maximum absolute atomic E-state index is 12.7. The zero-order chi connectivity index (χ0) is 25.2. The van der Waals surface area contributed by atoms with Crippen molar-refractivity contribution in [3.8, 4) is 17.2 Å². The van der Waals surface area contributed by atoms with Gasteiger partial charge in [0.15, 0.2) is 33.1 Å². The number of aliphatic imine (C=N–C) groups is 1. The highest BCUT2D eigenvalue weighted by Crippen LogP contribution is 2.46. The predicted octanol–water partition coefficient (Wildman–Crippen LogP) is 4.58. The molecule has 0 N–H and O–H groups in total. The van der Waals surface area contributed by atoms with Crippen LogP contribution in [-0.2, 0) is 14.6 Å². The normalized spacial score (nSPS) is 21.7. The third-order valence-corrected chi connectivity index (χ3v) is 9.43. The summed E-state index contributed by atoms with van der Waals surface area (Å²) in [5, 5.41) is 0.750. The molecule has 2 aromatic rings. The molecule has 4 rings (SSSR count). The van der Waals surface area contributed by atoms with Crippen LogP contribution < -0.4 is 19.1 Å². The molecular formula is C23H24BrClN2O6S2. The number of rotatable bonds is 8. The summed E-state index contributed by atoms with van der Waals surface area (Å²) in [5.41, 5.74) is 0.652. The number of hydrogen-bond acceptors (Lipinski definition) is 7. The van der Waals surface area contributed by atoms with Crippen molar-refractivity contribution < 1.29 is 27.4 Å². The Morgan fingerprint density at radius 3 is 2.43 bits per heavy atom. The largest absolute Gasteiger partial charge is 0.490 e. The molecule has 0 spiro atoms. The second kappa shape index (κ2) is 11.0. The molecule has 188 valence electrons. The lowest BCUT2D eigenvalue weighted by Crippen LogP contribution is -2.38. The average molecular weight is 604 g/mol. The van der Waals surface area contributed by atoms with Crippen molar-refractivity contribution in [3.05, 3.63) is 45.9 Å². The zero-order valence-corrected chi connectivity index (χ0v) is 23.0. The number of carbonyl (C=O) groups is 1. The quantitative estimate of drug-likeness (QED) is 0.433. The van der Waals surface area contributed by atoms with Crippen LogP contribution in [0, 0.1) is 0 Å². The topological polar surface area (TPSA) is 94.5 Å². The van der Waals surface area contributed by atoms with E-state index in [1.54, 1.807) is 36.4 Å². The van der Waals surface area contributed by atoms with Crippen LogP contribution in [0.15, 0.2) is 45.9 Å². The summed E-state index contributed by atoms with van der Waals surface area (Å²) in [7, 11) is -3.21. The van der Waals surface area contributed by atoms with E-state index in [4.69, 9.17) is 25.8 Å². The van der Waals surface area contributed by atoms with Gasteiger partial charge in [0.1, 0.15) is 5.75 Å². The molecule has 2 aliphatic heterocycles. The molecule has 2 heterocycles. The summed E-state index contributed by atoms with van der Waals surface area (Å²) in [5.74, 6) is 1.11. The van der Waals surface area contributed by atoms with Gasteiger partial charge in [-0.3, -0.25) is 4.79 Å². The van der Waals surface area contributed by atoms with Gasteiger partial charge in [-0.2, -0.15) is 4.99 Å². The van der Waals surface area contributed by atoms with E-state index < -0.39 is 15.7 Å². The number of benzene rings is 2. The molecule has 1 amide bonds. The summed E-state index contributed by atoms with van der Waals surface area (Å²) >= 11 is 10.8. The fourth-order valence-corrected chi connectivity index (χ4v) is 8.47. The molecule has 2 aromatic carbocycles. The highest BCUT2D eigenvalue weighted by molar-refractivity contribution is 9.10. The lowest BCUT2D eigenvalue weighted by molar-refractivity contribution is -0.119. The van der Waals surface area contributed by atoms with Gasteiger partial charge in [0.2, 0.25) is 0 Å². The maximum atomic E-state index is 12.7. The molecule has 8 nitrogen and oxygen atoms in total. The average Bonchev–Trinajstić information content (AvgIpc) is 3.26. The minimum absolute atomic E-state index is 0.0250. The number of thioether (sulfide) groups is 1. The summed E-state index contributed by atoms with van der Waals surface area (Å²) in [6.07, 6.45) is 0. The molecule has 0 saturated carbocycles. The maximum Gasteiger partial charge on any atom is 0.285 e. The number of ether oxygens (including phenoxy) is 3. The van der Waals surface area contributed by atoms with Crippen molar-refractivity contribution in [1.29, 1.82) is 0 Å². The van der Waals surface area contributed by atoms with Crippen LogP contribution in [0.3, 0.4) is 0 Å². The third-order valence-electron chi connectivity index (χ3n) is 5.34. The zero-order valence-electron chi connectivity index (χ0n) is 19.1. The fraction of sp³-hybridized carbons (Fsp3) is 0.391. The number of amidine groups is 1. The Hall–Kier alpha value is -1.95. The first-order chi connectivity index (χ1) is 16.7. The highest BCUT2D eigenvalue weighted by atomic mass is 79.9. The van der Waals surface area contributed by atoms with E-state index in [1.165, 1.54) is 11.8 Å². The molecule has 0 aromatic heterocycles. The van der Waals surface area contributed by atoms with Gasteiger partial charge in [-0.15, -0.1) is 0 Å². The first-order valence-corrected chi connectivity index (χ1v) is 14.8.